The van der Waals surface area contributed by atoms with Gasteiger partial charge in [-0.2, -0.15) is 0 Å². The molecule has 0 saturated carbocycles. The summed E-state index contributed by atoms with van der Waals surface area (Å²) in [7, 11) is 3.10. The standard InChI is InChI=1S/C18H24N2O5/c1-11(2)20-15(18(23)19(12(3)21)10-17(20)22)9-13-8-14(24-4)6-7-16(13)25-5/h6-8,11,15H,9-10H2,1-5H3. The Hall–Kier alpha value is -2.57. The number of carbonyl (C=O) groups is 3. The molecule has 1 unspecified atom stereocenters. The summed E-state index contributed by atoms with van der Waals surface area (Å²) in [5.41, 5.74) is 0.740. The van der Waals surface area contributed by atoms with E-state index in [0.29, 0.717) is 11.5 Å². The van der Waals surface area contributed by atoms with Crippen molar-refractivity contribution in [3.8, 4) is 11.5 Å². The van der Waals surface area contributed by atoms with Gasteiger partial charge >= 0.3 is 0 Å². The number of methoxy groups -OCH3 is 2. The second kappa shape index (κ2) is 7.55. The van der Waals surface area contributed by atoms with Crippen LogP contribution < -0.4 is 9.47 Å². The highest BCUT2D eigenvalue weighted by atomic mass is 16.5. The van der Waals surface area contributed by atoms with E-state index in [1.54, 1.807) is 37.3 Å². The van der Waals surface area contributed by atoms with E-state index in [1.807, 2.05) is 13.8 Å². The molecular weight excluding hydrogens is 324 g/mol. The molecule has 1 aliphatic rings. The molecule has 2 rings (SSSR count). The molecule has 1 aromatic carbocycles. The molecule has 0 radical (unpaired) electrons. The third-order valence-electron chi connectivity index (χ3n) is 4.31. The third-order valence-corrected chi connectivity index (χ3v) is 4.31. The predicted octanol–water partition coefficient (Wildman–Crippen LogP) is 1.24. The molecule has 7 heteroatoms. The van der Waals surface area contributed by atoms with Crippen molar-refractivity contribution in [1.82, 2.24) is 9.80 Å². The predicted molar refractivity (Wildman–Crippen MR) is 91.4 cm³/mol. The molecule has 0 aromatic heterocycles. The number of ether oxygens (including phenoxy) is 2. The number of amides is 3. The van der Waals surface area contributed by atoms with Crippen molar-refractivity contribution in [2.24, 2.45) is 0 Å². The summed E-state index contributed by atoms with van der Waals surface area (Å²) in [6.07, 6.45) is 0.243. The number of carbonyl (C=O) groups excluding carboxylic acids is 3. The van der Waals surface area contributed by atoms with Gasteiger partial charge in [-0.1, -0.05) is 0 Å². The van der Waals surface area contributed by atoms with Crippen LogP contribution in [0.1, 0.15) is 26.3 Å². The summed E-state index contributed by atoms with van der Waals surface area (Å²) in [5, 5.41) is 0. The molecule has 25 heavy (non-hydrogen) atoms. The van der Waals surface area contributed by atoms with Crippen LogP contribution >= 0.6 is 0 Å². The zero-order valence-corrected chi connectivity index (χ0v) is 15.2. The first-order chi connectivity index (χ1) is 11.8. The van der Waals surface area contributed by atoms with Gasteiger partial charge in [0, 0.05) is 24.9 Å². The zero-order chi connectivity index (χ0) is 18.7. The molecule has 1 heterocycles. The second-order valence-corrected chi connectivity index (χ2v) is 6.24. The van der Waals surface area contributed by atoms with Gasteiger partial charge in [-0.15, -0.1) is 0 Å². The second-order valence-electron chi connectivity index (χ2n) is 6.24. The first-order valence-corrected chi connectivity index (χ1v) is 8.14. The van der Waals surface area contributed by atoms with Crippen LogP contribution in [0, 0.1) is 0 Å². The van der Waals surface area contributed by atoms with E-state index >= 15 is 0 Å². The summed E-state index contributed by atoms with van der Waals surface area (Å²) in [6, 6.07) is 4.38. The van der Waals surface area contributed by atoms with Crippen LogP contribution in [0.15, 0.2) is 18.2 Å². The van der Waals surface area contributed by atoms with Gasteiger partial charge in [0.05, 0.1) is 14.2 Å². The number of hydrogen-bond acceptors (Lipinski definition) is 5. The van der Waals surface area contributed by atoms with Gasteiger partial charge in [0.15, 0.2) is 0 Å². The van der Waals surface area contributed by atoms with Gasteiger partial charge in [-0.25, -0.2) is 0 Å². The first-order valence-electron chi connectivity index (χ1n) is 8.14. The quantitative estimate of drug-likeness (QED) is 0.800. The van der Waals surface area contributed by atoms with Crippen molar-refractivity contribution >= 4 is 17.7 Å². The fourth-order valence-corrected chi connectivity index (χ4v) is 3.12. The Kier molecular flexibility index (Phi) is 5.66. The molecule has 1 saturated heterocycles. The number of hydrogen-bond donors (Lipinski definition) is 0. The Bertz CT molecular complexity index is 686. The lowest BCUT2D eigenvalue weighted by Crippen LogP contribution is -2.63. The van der Waals surface area contributed by atoms with Crippen molar-refractivity contribution in [2.45, 2.75) is 39.3 Å². The Labute approximate surface area is 147 Å². The summed E-state index contributed by atoms with van der Waals surface area (Å²) < 4.78 is 10.6. The summed E-state index contributed by atoms with van der Waals surface area (Å²) in [6.45, 7) is 4.78. The minimum atomic E-state index is -0.758. The molecule has 0 bridgehead atoms. The van der Waals surface area contributed by atoms with E-state index in [4.69, 9.17) is 9.47 Å². The lowest BCUT2D eigenvalue weighted by atomic mass is 9.98. The van der Waals surface area contributed by atoms with Crippen LogP contribution in [-0.2, 0) is 20.8 Å². The molecular formula is C18H24N2O5. The number of nitrogens with zero attached hydrogens (tertiary/aromatic N) is 2. The van der Waals surface area contributed by atoms with E-state index in [0.717, 1.165) is 10.5 Å². The van der Waals surface area contributed by atoms with Crippen molar-refractivity contribution in [3.63, 3.8) is 0 Å². The van der Waals surface area contributed by atoms with Crippen LogP contribution in [0.25, 0.3) is 0 Å². The molecule has 0 N–H and O–H groups in total. The number of benzene rings is 1. The van der Waals surface area contributed by atoms with Gasteiger partial charge in [-0.05, 0) is 32.0 Å². The normalized spacial score (nSPS) is 17.9. The number of piperazine rings is 1. The highest BCUT2D eigenvalue weighted by molar-refractivity contribution is 6.04. The molecule has 136 valence electrons. The van der Waals surface area contributed by atoms with Gasteiger partial charge in [-0.3, -0.25) is 19.3 Å². The molecule has 7 nitrogen and oxygen atoms in total. The first kappa shape index (κ1) is 18.8. The Morgan fingerprint density at radius 1 is 1.24 bits per heavy atom. The smallest absolute Gasteiger partial charge is 0.252 e. The monoisotopic (exact) mass is 348 g/mol. The SMILES string of the molecule is COc1ccc(OC)c(CC2C(=O)N(C(C)=O)CC(=O)N2C(C)C)c1. The average molecular weight is 348 g/mol. The zero-order valence-electron chi connectivity index (χ0n) is 15.2. The van der Waals surface area contributed by atoms with Gasteiger partial charge in [0.1, 0.15) is 24.1 Å². The van der Waals surface area contributed by atoms with Crippen molar-refractivity contribution in [2.75, 3.05) is 20.8 Å². The van der Waals surface area contributed by atoms with E-state index in [-0.39, 0.29) is 30.8 Å². The van der Waals surface area contributed by atoms with Crippen molar-refractivity contribution in [1.29, 1.82) is 0 Å². The maximum Gasteiger partial charge on any atom is 0.252 e. The molecule has 0 aliphatic carbocycles. The van der Waals surface area contributed by atoms with Crippen LogP contribution in [-0.4, -0.2) is 60.4 Å². The van der Waals surface area contributed by atoms with E-state index in [1.165, 1.54) is 6.92 Å². The van der Waals surface area contributed by atoms with Crippen LogP contribution in [0.3, 0.4) is 0 Å². The molecule has 1 fully saturated rings. The van der Waals surface area contributed by atoms with E-state index < -0.39 is 11.9 Å². The topological polar surface area (TPSA) is 76.1 Å². The summed E-state index contributed by atoms with van der Waals surface area (Å²) in [4.78, 5) is 39.6. The highest BCUT2D eigenvalue weighted by Crippen LogP contribution is 2.28. The Balaban J connectivity index is 2.43. The average Bonchev–Trinajstić information content (AvgIpc) is 2.57. The lowest BCUT2D eigenvalue weighted by Gasteiger charge is -2.41. The van der Waals surface area contributed by atoms with E-state index in [9.17, 15) is 14.4 Å². The molecule has 1 atom stereocenters. The van der Waals surface area contributed by atoms with Crippen LogP contribution in [0.2, 0.25) is 0 Å². The third kappa shape index (κ3) is 3.75. The van der Waals surface area contributed by atoms with Crippen molar-refractivity contribution in [3.05, 3.63) is 23.8 Å². The van der Waals surface area contributed by atoms with Gasteiger partial charge in [0.2, 0.25) is 11.8 Å². The van der Waals surface area contributed by atoms with Crippen LogP contribution in [0.4, 0.5) is 0 Å². The Morgan fingerprint density at radius 2 is 1.92 bits per heavy atom. The van der Waals surface area contributed by atoms with Gasteiger partial charge < -0.3 is 14.4 Å². The fraction of sp³-hybridized carbons (Fsp3) is 0.500. The van der Waals surface area contributed by atoms with Crippen molar-refractivity contribution < 1.29 is 23.9 Å². The van der Waals surface area contributed by atoms with Crippen LogP contribution in [0.5, 0.6) is 11.5 Å². The maximum absolute atomic E-state index is 12.8. The minimum Gasteiger partial charge on any atom is -0.497 e. The largest absolute Gasteiger partial charge is 0.497 e. The minimum absolute atomic E-state index is 0.160. The van der Waals surface area contributed by atoms with E-state index in [2.05, 4.69) is 0 Å². The van der Waals surface area contributed by atoms with Gasteiger partial charge in [0.25, 0.3) is 5.91 Å². The summed E-state index contributed by atoms with van der Waals surface area (Å²) >= 11 is 0. The summed E-state index contributed by atoms with van der Waals surface area (Å²) in [5.74, 6) is 0.196. The molecule has 1 aromatic rings. The maximum atomic E-state index is 12.8. The Morgan fingerprint density at radius 3 is 2.44 bits per heavy atom. The molecule has 0 spiro atoms. The lowest BCUT2D eigenvalue weighted by molar-refractivity contribution is -0.163. The molecule has 3 amide bonds. The highest BCUT2D eigenvalue weighted by Gasteiger charge is 2.42. The fourth-order valence-electron chi connectivity index (χ4n) is 3.12. The number of rotatable bonds is 5. The number of imide groups is 1. The molecule has 1 aliphatic heterocycles.